The number of aromatic nitrogens is 4. The number of alkyl halides is 3. The zero-order valence-corrected chi connectivity index (χ0v) is 14.2. The van der Waals surface area contributed by atoms with Gasteiger partial charge in [-0.3, -0.25) is 4.98 Å². The summed E-state index contributed by atoms with van der Waals surface area (Å²) in [6.07, 6.45) is -0.799. The van der Waals surface area contributed by atoms with Gasteiger partial charge in [0.15, 0.2) is 17.2 Å². The van der Waals surface area contributed by atoms with Gasteiger partial charge < -0.3 is 15.2 Å². The zero-order chi connectivity index (χ0) is 19.8. The van der Waals surface area contributed by atoms with Gasteiger partial charge in [0.2, 0.25) is 0 Å². The molecule has 3 rings (SSSR count). The van der Waals surface area contributed by atoms with E-state index in [1.54, 1.807) is 0 Å². The molecule has 2 N–H and O–H groups in total. The van der Waals surface area contributed by atoms with Crippen molar-refractivity contribution in [3.05, 3.63) is 48.3 Å². The van der Waals surface area contributed by atoms with Gasteiger partial charge in [-0.1, -0.05) is 6.07 Å². The molecule has 7 nitrogen and oxygen atoms in total. The summed E-state index contributed by atoms with van der Waals surface area (Å²) in [7, 11) is 0. The van der Waals surface area contributed by atoms with Crippen molar-refractivity contribution in [2.24, 2.45) is 0 Å². The molecule has 0 bridgehead atoms. The smallest absolute Gasteiger partial charge is 0.403 e. The minimum absolute atomic E-state index is 0.201. The van der Waals surface area contributed by atoms with E-state index < -0.39 is 29.6 Å². The SMILES string of the molecule is CC(C)(O)C(Nc1cncc2ncnn12)c1ccc(OC(F)(F)F)c(F)c1. The van der Waals surface area contributed by atoms with Crippen LogP contribution in [0.2, 0.25) is 0 Å². The Bertz CT molecular complexity index is 952. The summed E-state index contributed by atoms with van der Waals surface area (Å²) in [6, 6.07) is 2.05. The fourth-order valence-corrected chi connectivity index (χ4v) is 2.57. The topological polar surface area (TPSA) is 84.6 Å². The third kappa shape index (κ3) is 4.25. The molecule has 3 aromatic rings. The number of halogens is 4. The maximum absolute atomic E-state index is 14.1. The predicted molar refractivity (Wildman–Crippen MR) is 86.5 cm³/mol. The maximum Gasteiger partial charge on any atom is 0.573 e. The first kappa shape index (κ1) is 18.8. The molecule has 1 atom stereocenters. The number of fused-ring (bicyclic) bond motifs is 1. The van der Waals surface area contributed by atoms with Crippen LogP contribution < -0.4 is 10.1 Å². The molecule has 0 saturated carbocycles. The van der Waals surface area contributed by atoms with Crippen LogP contribution in [0.25, 0.3) is 5.65 Å². The molecule has 1 aromatic carbocycles. The second-order valence-corrected chi connectivity index (χ2v) is 6.29. The highest BCUT2D eigenvalue weighted by Crippen LogP contribution is 2.33. The van der Waals surface area contributed by atoms with Crippen LogP contribution in [0.4, 0.5) is 23.4 Å². The van der Waals surface area contributed by atoms with Crippen molar-refractivity contribution in [2.75, 3.05) is 5.32 Å². The number of rotatable bonds is 5. The molecule has 0 spiro atoms. The Balaban J connectivity index is 1.96. The van der Waals surface area contributed by atoms with Gasteiger partial charge in [-0.05, 0) is 31.5 Å². The van der Waals surface area contributed by atoms with Gasteiger partial charge in [0, 0.05) is 0 Å². The number of ether oxygens (including phenoxy) is 1. The van der Waals surface area contributed by atoms with E-state index in [0.29, 0.717) is 11.5 Å². The molecule has 2 aromatic heterocycles. The molecule has 0 aliphatic rings. The van der Waals surface area contributed by atoms with Crippen molar-refractivity contribution >= 4 is 11.5 Å². The average Bonchev–Trinajstić information content (AvgIpc) is 3.01. The lowest BCUT2D eigenvalue weighted by Gasteiger charge is -2.31. The van der Waals surface area contributed by atoms with Crippen molar-refractivity contribution in [2.45, 2.75) is 31.9 Å². The quantitative estimate of drug-likeness (QED) is 0.657. The second-order valence-electron chi connectivity index (χ2n) is 6.29. The Morgan fingerprint density at radius 2 is 1.96 bits per heavy atom. The Morgan fingerprint density at radius 3 is 2.59 bits per heavy atom. The van der Waals surface area contributed by atoms with Gasteiger partial charge in [0.05, 0.1) is 24.0 Å². The fraction of sp³-hybridized carbons (Fsp3) is 0.312. The van der Waals surface area contributed by atoms with Crippen molar-refractivity contribution in [1.82, 2.24) is 19.6 Å². The van der Waals surface area contributed by atoms with Crippen LogP contribution in [0.3, 0.4) is 0 Å². The van der Waals surface area contributed by atoms with Crippen LogP contribution in [-0.4, -0.2) is 36.7 Å². The molecular weight excluding hydrogens is 370 g/mol. The predicted octanol–water partition coefficient (Wildman–Crippen LogP) is 3.09. The van der Waals surface area contributed by atoms with Gasteiger partial charge in [-0.25, -0.2) is 9.37 Å². The van der Waals surface area contributed by atoms with E-state index in [2.05, 4.69) is 25.1 Å². The van der Waals surface area contributed by atoms with Gasteiger partial charge in [0.1, 0.15) is 12.1 Å². The second kappa shape index (κ2) is 6.65. The lowest BCUT2D eigenvalue weighted by Crippen LogP contribution is -2.35. The molecule has 0 saturated heterocycles. The summed E-state index contributed by atoms with van der Waals surface area (Å²) < 4.78 is 56.1. The van der Waals surface area contributed by atoms with Crippen LogP contribution in [0.15, 0.2) is 36.9 Å². The minimum Gasteiger partial charge on any atom is -0.403 e. The van der Waals surface area contributed by atoms with E-state index in [1.807, 2.05) is 0 Å². The summed E-state index contributed by atoms with van der Waals surface area (Å²) in [4.78, 5) is 7.98. The first-order valence-electron chi connectivity index (χ1n) is 7.72. The van der Waals surface area contributed by atoms with Crippen LogP contribution >= 0.6 is 0 Å². The van der Waals surface area contributed by atoms with Crippen molar-refractivity contribution in [1.29, 1.82) is 0 Å². The summed E-state index contributed by atoms with van der Waals surface area (Å²) in [5, 5.41) is 17.5. The lowest BCUT2D eigenvalue weighted by molar-refractivity contribution is -0.275. The fourth-order valence-electron chi connectivity index (χ4n) is 2.57. The molecule has 0 fully saturated rings. The highest BCUT2D eigenvalue weighted by atomic mass is 19.4. The maximum atomic E-state index is 14.1. The zero-order valence-electron chi connectivity index (χ0n) is 14.2. The Morgan fingerprint density at radius 1 is 1.22 bits per heavy atom. The van der Waals surface area contributed by atoms with E-state index >= 15 is 0 Å². The number of nitrogens with zero attached hydrogens (tertiary/aromatic N) is 4. The third-order valence-electron chi connectivity index (χ3n) is 3.70. The number of benzene rings is 1. The molecule has 11 heteroatoms. The summed E-state index contributed by atoms with van der Waals surface area (Å²) in [5.74, 6) is -1.81. The van der Waals surface area contributed by atoms with Crippen molar-refractivity contribution in [3.63, 3.8) is 0 Å². The van der Waals surface area contributed by atoms with Gasteiger partial charge in [-0.2, -0.15) is 9.61 Å². The van der Waals surface area contributed by atoms with Gasteiger partial charge in [0.25, 0.3) is 0 Å². The Kier molecular flexibility index (Phi) is 4.64. The molecule has 144 valence electrons. The minimum atomic E-state index is -5.01. The number of anilines is 1. The van der Waals surface area contributed by atoms with Crippen LogP contribution in [0.5, 0.6) is 5.75 Å². The van der Waals surface area contributed by atoms with E-state index in [0.717, 1.165) is 12.1 Å². The number of hydrogen-bond acceptors (Lipinski definition) is 6. The Labute approximate surface area is 150 Å². The largest absolute Gasteiger partial charge is 0.573 e. The van der Waals surface area contributed by atoms with Crippen LogP contribution in [0, 0.1) is 5.82 Å². The highest BCUT2D eigenvalue weighted by molar-refractivity contribution is 5.47. The lowest BCUT2D eigenvalue weighted by atomic mass is 9.91. The van der Waals surface area contributed by atoms with Crippen molar-refractivity contribution in [3.8, 4) is 5.75 Å². The number of nitrogens with one attached hydrogen (secondary N) is 1. The normalized spacial score (nSPS) is 13.6. The van der Waals surface area contributed by atoms with Crippen LogP contribution in [-0.2, 0) is 0 Å². The molecule has 0 amide bonds. The number of hydrogen-bond donors (Lipinski definition) is 2. The third-order valence-corrected chi connectivity index (χ3v) is 3.70. The molecule has 0 radical (unpaired) electrons. The first-order valence-corrected chi connectivity index (χ1v) is 7.72. The molecular formula is C16H15F4N5O2. The molecule has 27 heavy (non-hydrogen) atoms. The van der Waals surface area contributed by atoms with Gasteiger partial charge in [-0.15, -0.1) is 13.2 Å². The van der Waals surface area contributed by atoms with E-state index in [1.165, 1.54) is 43.2 Å². The van der Waals surface area contributed by atoms with E-state index in [9.17, 15) is 22.7 Å². The molecule has 0 aliphatic carbocycles. The monoisotopic (exact) mass is 385 g/mol. The standard InChI is InChI=1S/C16H15F4N5O2/c1-15(2,26)14(24-13-7-21-6-12-22-8-23-25(12)13)9-3-4-11(10(17)5-9)27-16(18,19)20/h3-8,14,24,26H,1-2H3. The van der Waals surface area contributed by atoms with E-state index in [-0.39, 0.29) is 5.56 Å². The average molecular weight is 385 g/mol. The van der Waals surface area contributed by atoms with Gasteiger partial charge >= 0.3 is 6.36 Å². The summed E-state index contributed by atoms with van der Waals surface area (Å²) in [6.45, 7) is 2.94. The summed E-state index contributed by atoms with van der Waals surface area (Å²) >= 11 is 0. The molecule has 0 aliphatic heterocycles. The molecule has 1 unspecified atom stereocenters. The van der Waals surface area contributed by atoms with Crippen LogP contribution in [0.1, 0.15) is 25.5 Å². The Hall–Kier alpha value is -2.95. The van der Waals surface area contributed by atoms with Crippen molar-refractivity contribution < 1.29 is 27.4 Å². The summed E-state index contributed by atoms with van der Waals surface area (Å²) in [5.41, 5.74) is -0.775. The molecule has 2 heterocycles. The van der Waals surface area contributed by atoms with E-state index in [4.69, 9.17) is 0 Å². The number of aliphatic hydroxyl groups is 1. The first-order chi connectivity index (χ1) is 12.5. The highest BCUT2D eigenvalue weighted by Gasteiger charge is 2.34.